The summed E-state index contributed by atoms with van der Waals surface area (Å²) < 4.78 is 4.66. The summed E-state index contributed by atoms with van der Waals surface area (Å²) in [6.45, 7) is 0.265. The second-order valence-corrected chi connectivity index (χ2v) is 5.73. The Morgan fingerprint density at radius 1 is 1.26 bits per heavy atom. The molecule has 1 heterocycles. The number of carbonyl (C=O) groups is 3. The molecule has 148 valence electrons. The number of hydrogen-bond acceptors (Lipinski definition) is 6. The SMILES string of the molecule is COC(=O)CC(NC(=O)CNC(=O)CCCCN=C(N)N)c1cccnc1. The molecule has 0 fully saturated rings. The van der Waals surface area contributed by atoms with Crippen LogP contribution >= 0.6 is 0 Å². The molecule has 10 heteroatoms. The van der Waals surface area contributed by atoms with Crippen LogP contribution in [0.3, 0.4) is 0 Å². The highest BCUT2D eigenvalue weighted by Crippen LogP contribution is 2.16. The third kappa shape index (κ3) is 9.78. The number of aliphatic imine (C=N–C) groups is 1. The van der Waals surface area contributed by atoms with Gasteiger partial charge in [0.1, 0.15) is 0 Å². The third-order valence-electron chi connectivity index (χ3n) is 3.57. The fraction of sp³-hybridized carbons (Fsp3) is 0.471. The Morgan fingerprint density at radius 3 is 2.67 bits per heavy atom. The minimum absolute atomic E-state index is 0.0197. The van der Waals surface area contributed by atoms with Gasteiger partial charge in [-0.2, -0.15) is 0 Å². The minimum atomic E-state index is -0.588. The number of pyridine rings is 1. The van der Waals surface area contributed by atoms with E-state index < -0.39 is 17.9 Å². The summed E-state index contributed by atoms with van der Waals surface area (Å²) in [5.74, 6) is -1.11. The number of amides is 2. The number of ether oxygens (including phenoxy) is 1. The molecule has 0 aliphatic heterocycles. The van der Waals surface area contributed by atoms with Crippen LogP contribution < -0.4 is 22.1 Å². The second-order valence-electron chi connectivity index (χ2n) is 5.73. The number of carbonyl (C=O) groups excluding carboxylic acids is 3. The van der Waals surface area contributed by atoms with Crippen LogP contribution in [0.1, 0.15) is 37.3 Å². The van der Waals surface area contributed by atoms with E-state index >= 15 is 0 Å². The Morgan fingerprint density at radius 2 is 2.04 bits per heavy atom. The first-order valence-corrected chi connectivity index (χ1v) is 8.50. The van der Waals surface area contributed by atoms with E-state index in [0.29, 0.717) is 24.9 Å². The number of hydrogen-bond donors (Lipinski definition) is 4. The Balaban J connectivity index is 2.41. The first-order valence-electron chi connectivity index (χ1n) is 8.50. The predicted molar refractivity (Wildman–Crippen MR) is 99.3 cm³/mol. The number of esters is 1. The second kappa shape index (κ2) is 12.2. The number of aromatic nitrogens is 1. The van der Waals surface area contributed by atoms with Gasteiger partial charge in [-0.1, -0.05) is 6.07 Å². The molecule has 0 aromatic carbocycles. The molecule has 0 aliphatic rings. The van der Waals surface area contributed by atoms with Crippen LogP contribution in [0.4, 0.5) is 0 Å². The van der Waals surface area contributed by atoms with Gasteiger partial charge in [0.25, 0.3) is 0 Å². The van der Waals surface area contributed by atoms with Crippen molar-refractivity contribution in [3.05, 3.63) is 30.1 Å². The van der Waals surface area contributed by atoms with Gasteiger partial charge in [-0.15, -0.1) is 0 Å². The van der Waals surface area contributed by atoms with Crippen LogP contribution in [0, 0.1) is 0 Å². The molecule has 0 aliphatic carbocycles. The molecule has 2 amide bonds. The van der Waals surface area contributed by atoms with E-state index in [9.17, 15) is 14.4 Å². The average molecular weight is 378 g/mol. The van der Waals surface area contributed by atoms with Crippen LogP contribution in [0.5, 0.6) is 0 Å². The zero-order chi connectivity index (χ0) is 20.1. The van der Waals surface area contributed by atoms with Crippen molar-refractivity contribution in [1.82, 2.24) is 15.6 Å². The lowest BCUT2D eigenvalue weighted by Gasteiger charge is -2.18. The minimum Gasteiger partial charge on any atom is -0.469 e. The normalized spacial score (nSPS) is 11.1. The van der Waals surface area contributed by atoms with Crippen LogP contribution in [-0.4, -0.2) is 48.9 Å². The highest BCUT2D eigenvalue weighted by molar-refractivity contribution is 5.85. The van der Waals surface area contributed by atoms with Crippen molar-refractivity contribution in [3.63, 3.8) is 0 Å². The van der Waals surface area contributed by atoms with E-state index in [2.05, 4.69) is 25.3 Å². The summed E-state index contributed by atoms with van der Waals surface area (Å²) in [5, 5.41) is 5.24. The van der Waals surface area contributed by atoms with Crippen LogP contribution in [0.2, 0.25) is 0 Å². The monoisotopic (exact) mass is 378 g/mol. The van der Waals surface area contributed by atoms with E-state index in [-0.39, 0.29) is 31.3 Å². The van der Waals surface area contributed by atoms with Gasteiger partial charge < -0.3 is 26.8 Å². The first kappa shape index (κ1) is 21.9. The van der Waals surface area contributed by atoms with Gasteiger partial charge in [0, 0.05) is 25.4 Å². The number of methoxy groups -OCH3 is 1. The average Bonchev–Trinajstić information content (AvgIpc) is 2.65. The van der Waals surface area contributed by atoms with Gasteiger partial charge in [-0.05, 0) is 24.5 Å². The topological polar surface area (TPSA) is 162 Å². The zero-order valence-electron chi connectivity index (χ0n) is 15.3. The maximum absolute atomic E-state index is 12.1. The van der Waals surface area contributed by atoms with E-state index in [0.717, 1.165) is 0 Å². The van der Waals surface area contributed by atoms with Crippen LogP contribution in [0.25, 0.3) is 0 Å². The number of guanidine groups is 1. The summed E-state index contributed by atoms with van der Waals surface area (Å²) in [6, 6.07) is 2.86. The third-order valence-corrected chi connectivity index (χ3v) is 3.57. The van der Waals surface area contributed by atoms with Gasteiger partial charge >= 0.3 is 5.97 Å². The Hall–Kier alpha value is -3.17. The molecule has 1 unspecified atom stereocenters. The quantitative estimate of drug-likeness (QED) is 0.172. The maximum Gasteiger partial charge on any atom is 0.307 e. The number of nitrogens with zero attached hydrogens (tertiary/aromatic N) is 2. The maximum atomic E-state index is 12.1. The van der Waals surface area contributed by atoms with E-state index in [1.54, 1.807) is 24.5 Å². The van der Waals surface area contributed by atoms with Crippen molar-refractivity contribution in [2.75, 3.05) is 20.2 Å². The zero-order valence-corrected chi connectivity index (χ0v) is 15.3. The van der Waals surface area contributed by atoms with E-state index in [4.69, 9.17) is 11.5 Å². The Kier molecular flexibility index (Phi) is 9.90. The highest BCUT2D eigenvalue weighted by atomic mass is 16.5. The number of unbranched alkanes of at least 4 members (excludes halogenated alkanes) is 1. The molecule has 0 saturated carbocycles. The molecule has 10 nitrogen and oxygen atoms in total. The summed E-state index contributed by atoms with van der Waals surface area (Å²) >= 11 is 0. The molecule has 0 radical (unpaired) electrons. The summed E-state index contributed by atoms with van der Waals surface area (Å²) in [7, 11) is 1.28. The van der Waals surface area contributed by atoms with Crippen molar-refractivity contribution in [1.29, 1.82) is 0 Å². The van der Waals surface area contributed by atoms with E-state index in [1.807, 2.05) is 0 Å². The van der Waals surface area contributed by atoms with Gasteiger partial charge in [0.05, 0.1) is 26.1 Å². The van der Waals surface area contributed by atoms with Crippen LogP contribution in [0.15, 0.2) is 29.5 Å². The van der Waals surface area contributed by atoms with Crippen molar-refractivity contribution in [3.8, 4) is 0 Å². The predicted octanol–water partition coefficient (Wildman–Crippen LogP) is -0.638. The molecular weight excluding hydrogens is 352 g/mol. The largest absolute Gasteiger partial charge is 0.469 e. The standard InChI is InChI=1S/C17H26N6O4/c1-27-16(26)9-13(12-5-4-7-20-10-12)23-15(25)11-22-14(24)6-2-3-8-21-17(18)19/h4-5,7,10,13H,2-3,6,8-9,11H2,1H3,(H,22,24)(H,23,25)(H4,18,19,21). The van der Waals surface area contributed by atoms with Crippen molar-refractivity contribution in [2.24, 2.45) is 16.5 Å². The fourth-order valence-corrected chi connectivity index (χ4v) is 2.20. The number of nitrogens with two attached hydrogens (primary N) is 2. The van der Waals surface area contributed by atoms with E-state index in [1.165, 1.54) is 7.11 Å². The molecule has 0 bridgehead atoms. The lowest BCUT2D eigenvalue weighted by molar-refractivity contribution is -0.141. The van der Waals surface area contributed by atoms with Crippen molar-refractivity contribution >= 4 is 23.7 Å². The van der Waals surface area contributed by atoms with Crippen LogP contribution in [-0.2, 0) is 19.1 Å². The molecule has 1 rings (SSSR count). The number of rotatable bonds is 11. The van der Waals surface area contributed by atoms with Crippen molar-refractivity contribution in [2.45, 2.75) is 31.7 Å². The molecular formula is C17H26N6O4. The lowest BCUT2D eigenvalue weighted by Crippen LogP contribution is -2.39. The molecule has 0 spiro atoms. The first-order chi connectivity index (χ1) is 12.9. The van der Waals surface area contributed by atoms with Gasteiger partial charge in [0.2, 0.25) is 11.8 Å². The molecule has 0 saturated heterocycles. The summed E-state index contributed by atoms with van der Waals surface area (Å²) in [6.07, 6.45) is 4.65. The van der Waals surface area contributed by atoms with Crippen molar-refractivity contribution < 1.29 is 19.1 Å². The molecule has 1 aromatic heterocycles. The lowest BCUT2D eigenvalue weighted by atomic mass is 10.1. The fourth-order valence-electron chi connectivity index (χ4n) is 2.20. The molecule has 27 heavy (non-hydrogen) atoms. The smallest absolute Gasteiger partial charge is 0.307 e. The molecule has 1 atom stereocenters. The molecule has 6 N–H and O–H groups in total. The summed E-state index contributed by atoms with van der Waals surface area (Å²) in [4.78, 5) is 43.2. The van der Waals surface area contributed by atoms with Gasteiger partial charge in [0.15, 0.2) is 5.96 Å². The number of nitrogens with one attached hydrogen (secondary N) is 2. The van der Waals surface area contributed by atoms with Gasteiger partial charge in [-0.3, -0.25) is 24.4 Å². The molecule has 1 aromatic rings. The Bertz CT molecular complexity index is 646. The highest BCUT2D eigenvalue weighted by Gasteiger charge is 2.19. The Labute approximate surface area is 157 Å². The van der Waals surface area contributed by atoms with Gasteiger partial charge in [-0.25, -0.2) is 0 Å². The summed E-state index contributed by atoms with van der Waals surface area (Å²) in [5.41, 5.74) is 11.1.